The Morgan fingerprint density at radius 2 is 1.74 bits per heavy atom. The van der Waals surface area contributed by atoms with E-state index < -0.39 is 29.9 Å². The first kappa shape index (κ1) is 29.3. The number of rotatable bonds is 5. The first-order chi connectivity index (χ1) is 20.2. The van der Waals surface area contributed by atoms with Crippen LogP contribution in [0.15, 0.2) is 65.7 Å². The fourth-order valence-corrected chi connectivity index (χ4v) is 6.02. The highest BCUT2D eigenvalue weighted by Crippen LogP contribution is 2.31. The Morgan fingerprint density at radius 3 is 2.48 bits per heavy atom. The topological polar surface area (TPSA) is 138 Å². The maximum atomic E-state index is 13.9. The lowest BCUT2D eigenvalue weighted by atomic mass is 10.00. The molecule has 4 atom stereocenters. The summed E-state index contributed by atoms with van der Waals surface area (Å²) in [4.78, 5) is 57.0. The second kappa shape index (κ2) is 12.8. The van der Waals surface area contributed by atoms with Gasteiger partial charge in [0.2, 0.25) is 17.7 Å². The molecule has 1 saturated heterocycles. The average molecular weight is 590 g/mol. The van der Waals surface area contributed by atoms with Gasteiger partial charge in [0.25, 0.3) is 5.91 Å². The fraction of sp³-hybridized carbons (Fsp3) is 0.400. The summed E-state index contributed by atoms with van der Waals surface area (Å²) in [5, 5.41) is 17.1. The van der Waals surface area contributed by atoms with Crippen LogP contribution >= 0.6 is 11.8 Å². The van der Waals surface area contributed by atoms with Crippen molar-refractivity contribution in [2.45, 2.75) is 62.3 Å². The van der Waals surface area contributed by atoms with Gasteiger partial charge in [0.15, 0.2) is 0 Å². The molecule has 11 nitrogen and oxygen atoms in total. The van der Waals surface area contributed by atoms with Gasteiger partial charge in [0.1, 0.15) is 23.8 Å². The van der Waals surface area contributed by atoms with Crippen molar-refractivity contribution < 1.29 is 19.2 Å². The minimum absolute atomic E-state index is 0.116. The van der Waals surface area contributed by atoms with Crippen LogP contribution in [0.3, 0.4) is 0 Å². The summed E-state index contributed by atoms with van der Waals surface area (Å²) in [6, 6.07) is 13.8. The van der Waals surface area contributed by atoms with Crippen LogP contribution in [0.1, 0.15) is 47.9 Å². The van der Waals surface area contributed by atoms with Gasteiger partial charge in [-0.25, -0.2) is 4.68 Å². The quantitative estimate of drug-likeness (QED) is 0.387. The van der Waals surface area contributed by atoms with E-state index in [1.54, 1.807) is 27.9 Å². The van der Waals surface area contributed by atoms with Crippen molar-refractivity contribution in [2.24, 2.45) is 5.92 Å². The van der Waals surface area contributed by atoms with Gasteiger partial charge in [-0.3, -0.25) is 19.2 Å². The lowest BCUT2D eigenvalue weighted by Gasteiger charge is -2.29. The molecule has 0 aliphatic carbocycles. The zero-order chi connectivity index (χ0) is 29.8. The van der Waals surface area contributed by atoms with E-state index in [1.165, 1.54) is 11.8 Å². The van der Waals surface area contributed by atoms with Crippen molar-refractivity contribution in [2.75, 3.05) is 12.8 Å². The number of carbonyl (C=O) groups is 4. The average Bonchev–Trinajstić information content (AvgIpc) is 3.65. The molecule has 42 heavy (non-hydrogen) atoms. The zero-order valence-electron chi connectivity index (χ0n) is 23.8. The molecule has 2 aromatic carbocycles. The molecule has 0 spiro atoms. The molecule has 0 radical (unpaired) electrons. The number of nitrogens with zero attached hydrogens (tertiary/aromatic N) is 4. The summed E-state index contributed by atoms with van der Waals surface area (Å²) in [6.45, 7) is 4.02. The molecule has 220 valence electrons. The third kappa shape index (κ3) is 6.33. The van der Waals surface area contributed by atoms with E-state index in [0.29, 0.717) is 17.7 Å². The number of nitrogens with one attached hydrogen (secondary N) is 3. The summed E-state index contributed by atoms with van der Waals surface area (Å²) in [6.07, 6.45) is 4.20. The minimum Gasteiger partial charge on any atom is -0.349 e. The Bertz CT molecular complexity index is 1460. The summed E-state index contributed by atoms with van der Waals surface area (Å²) in [5.74, 6) is -1.80. The van der Waals surface area contributed by atoms with Crippen molar-refractivity contribution in [1.82, 2.24) is 35.8 Å². The molecule has 2 aliphatic heterocycles. The SMILES string of the molecule is CSc1ccccc1C(=O)N1C[C@@H]2C[C@H]1C(=O)N[C@@H](C(C)C)C(=O)N[C@H](Cc1ccccc1)C(=O)NCc1cn2nn1. The van der Waals surface area contributed by atoms with Crippen LogP contribution in [0.25, 0.3) is 0 Å². The fourth-order valence-electron chi connectivity index (χ4n) is 5.43. The minimum atomic E-state index is -0.916. The number of hydrogen-bond acceptors (Lipinski definition) is 7. The molecule has 3 N–H and O–H groups in total. The van der Waals surface area contributed by atoms with Crippen molar-refractivity contribution >= 4 is 35.4 Å². The van der Waals surface area contributed by atoms with E-state index in [-0.39, 0.29) is 43.3 Å². The molecule has 3 aromatic rings. The highest BCUT2D eigenvalue weighted by molar-refractivity contribution is 7.98. The number of thioether (sulfide) groups is 1. The van der Waals surface area contributed by atoms with Gasteiger partial charge in [-0.1, -0.05) is 61.5 Å². The number of hydrogen-bond donors (Lipinski definition) is 3. The van der Waals surface area contributed by atoms with E-state index >= 15 is 0 Å². The van der Waals surface area contributed by atoms with Crippen molar-refractivity contribution in [3.8, 4) is 0 Å². The molecule has 5 rings (SSSR count). The number of amides is 4. The Kier molecular flexibility index (Phi) is 8.91. The largest absolute Gasteiger partial charge is 0.349 e. The standard InChI is InChI=1S/C30H35N7O4S/c1-18(2)26-29(40)32-23(13-19-9-5-4-6-10-19)27(38)31-15-20-16-37(35-34-20)21-14-24(28(39)33-26)36(17-21)30(41)22-11-7-8-12-25(22)42-3/h4-12,16,18,21,23-24,26H,13-15,17H2,1-3H3,(H,31,38)(H,32,40)(H,33,39)/t21-,23+,24-,26-/m0/s1. The van der Waals surface area contributed by atoms with Gasteiger partial charge in [-0.15, -0.1) is 16.9 Å². The molecule has 1 fully saturated rings. The normalized spacial score (nSPS) is 23.0. The van der Waals surface area contributed by atoms with E-state index in [4.69, 9.17) is 0 Å². The van der Waals surface area contributed by atoms with Crippen LogP contribution in [0.4, 0.5) is 0 Å². The number of carbonyl (C=O) groups excluding carboxylic acids is 4. The second-order valence-electron chi connectivity index (χ2n) is 11.0. The highest BCUT2D eigenvalue weighted by atomic mass is 32.2. The Balaban J connectivity index is 1.48. The predicted octanol–water partition coefficient (Wildman–Crippen LogP) is 1.95. The van der Waals surface area contributed by atoms with E-state index in [2.05, 4.69) is 26.3 Å². The lowest BCUT2D eigenvalue weighted by molar-refractivity contribution is -0.134. The van der Waals surface area contributed by atoms with Crippen LogP contribution in [0.5, 0.6) is 0 Å². The smallest absolute Gasteiger partial charge is 0.255 e. The summed E-state index contributed by atoms with van der Waals surface area (Å²) < 4.78 is 1.65. The van der Waals surface area contributed by atoms with Crippen LogP contribution in [0.2, 0.25) is 0 Å². The molecular formula is C30H35N7O4S. The zero-order valence-corrected chi connectivity index (χ0v) is 24.6. The van der Waals surface area contributed by atoms with Crippen LogP contribution in [-0.2, 0) is 27.3 Å². The molecule has 3 heterocycles. The first-order valence-electron chi connectivity index (χ1n) is 14.0. The number of likely N-dealkylation sites (tertiary alicyclic amines) is 1. The van der Waals surface area contributed by atoms with Gasteiger partial charge >= 0.3 is 0 Å². The third-order valence-corrected chi connectivity index (χ3v) is 8.51. The first-order valence-corrected chi connectivity index (χ1v) is 15.2. The van der Waals surface area contributed by atoms with Crippen molar-refractivity contribution in [3.05, 3.63) is 77.6 Å². The Morgan fingerprint density at radius 1 is 1.00 bits per heavy atom. The number of aromatic nitrogens is 3. The third-order valence-electron chi connectivity index (χ3n) is 7.72. The molecular weight excluding hydrogens is 554 g/mol. The predicted molar refractivity (Wildman–Crippen MR) is 157 cm³/mol. The van der Waals surface area contributed by atoms with Crippen molar-refractivity contribution in [3.63, 3.8) is 0 Å². The summed E-state index contributed by atoms with van der Waals surface area (Å²) in [5.41, 5.74) is 1.92. The monoisotopic (exact) mass is 589 g/mol. The molecule has 4 bridgehead atoms. The maximum Gasteiger partial charge on any atom is 0.255 e. The van der Waals surface area contributed by atoms with Crippen LogP contribution < -0.4 is 16.0 Å². The molecule has 4 amide bonds. The Labute approximate surface area is 248 Å². The van der Waals surface area contributed by atoms with Crippen LogP contribution in [0, 0.1) is 5.92 Å². The number of benzene rings is 2. The van der Waals surface area contributed by atoms with Gasteiger partial charge in [-0.2, -0.15) is 0 Å². The molecule has 0 unspecified atom stereocenters. The highest BCUT2D eigenvalue weighted by Gasteiger charge is 2.43. The van der Waals surface area contributed by atoms with E-state index in [9.17, 15) is 19.2 Å². The summed E-state index contributed by atoms with van der Waals surface area (Å²) >= 11 is 1.46. The molecule has 1 aromatic heterocycles. The van der Waals surface area contributed by atoms with E-state index in [1.807, 2.05) is 62.6 Å². The van der Waals surface area contributed by atoms with Gasteiger partial charge in [-0.05, 0) is 29.9 Å². The van der Waals surface area contributed by atoms with Gasteiger partial charge < -0.3 is 20.9 Å². The van der Waals surface area contributed by atoms with Gasteiger partial charge in [0, 0.05) is 24.3 Å². The van der Waals surface area contributed by atoms with Crippen LogP contribution in [-0.4, -0.2) is 74.4 Å². The maximum absolute atomic E-state index is 13.9. The molecule has 2 aliphatic rings. The van der Waals surface area contributed by atoms with Gasteiger partial charge in [0.05, 0.1) is 24.3 Å². The lowest BCUT2D eigenvalue weighted by Crippen LogP contribution is -2.58. The molecule has 12 heteroatoms. The van der Waals surface area contributed by atoms with E-state index in [0.717, 1.165) is 10.5 Å². The summed E-state index contributed by atoms with van der Waals surface area (Å²) in [7, 11) is 0. The Hall–Kier alpha value is -4.19. The number of fused-ring (bicyclic) bond motifs is 5. The molecule has 0 saturated carbocycles. The van der Waals surface area contributed by atoms with Crippen molar-refractivity contribution in [1.29, 1.82) is 0 Å². The second-order valence-corrected chi connectivity index (χ2v) is 11.8.